The van der Waals surface area contributed by atoms with Crippen molar-refractivity contribution in [3.63, 3.8) is 0 Å². The van der Waals surface area contributed by atoms with Crippen LogP contribution in [0, 0.1) is 6.92 Å². The number of sulfonamides is 1. The average molecular weight is 431 g/mol. The van der Waals surface area contributed by atoms with Gasteiger partial charge in [0.1, 0.15) is 5.75 Å². The molecule has 3 rings (SSSR count). The van der Waals surface area contributed by atoms with Gasteiger partial charge in [0.25, 0.3) is 5.91 Å². The molecule has 6 nitrogen and oxygen atoms in total. The van der Waals surface area contributed by atoms with Crippen LogP contribution in [-0.2, 0) is 14.8 Å². The summed E-state index contributed by atoms with van der Waals surface area (Å²) in [4.78, 5) is 12.9. The normalized spacial score (nSPS) is 15.9. The lowest BCUT2D eigenvalue weighted by molar-refractivity contribution is -0.122. The monoisotopic (exact) mass is 430 g/mol. The molecule has 1 amide bonds. The molecule has 1 aliphatic heterocycles. The Morgan fingerprint density at radius 1 is 1.03 bits per heavy atom. The maximum atomic E-state index is 12.6. The highest BCUT2D eigenvalue weighted by Crippen LogP contribution is 2.28. The molecule has 0 bridgehead atoms. The second-order valence-corrected chi connectivity index (χ2v) is 10.0. The number of carbonyl (C=O) groups excluding carboxylic acids is 1. The first kappa shape index (κ1) is 22.3. The van der Waals surface area contributed by atoms with Crippen LogP contribution in [0.5, 0.6) is 5.75 Å². The zero-order valence-corrected chi connectivity index (χ0v) is 18.8. The smallest absolute Gasteiger partial charge is 0.265 e. The highest BCUT2D eigenvalue weighted by atomic mass is 32.2. The zero-order valence-electron chi connectivity index (χ0n) is 18.0. The molecule has 0 aromatic heterocycles. The number of ether oxygens (including phenoxy) is 1. The molecule has 1 aliphatic rings. The number of hydrogen-bond acceptors (Lipinski definition) is 4. The van der Waals surface area contributed by atoms with Gasteiger partial charge in [0.15, 0.2) is 6.10 Å². The van der Waals surface area contributed by atoms with Crippen LogP contribution in [0.25, 0.3) is 0 Å². The molecule has 1 atom stereocenters. The van der Waals surface area contributed by atoms with E-state index in [2.05, 4.69) is 19.2 Å². The minimum absolute atomic E-state index is 0.244. The van der Waals surface area contributed by atoms with Gasteiger partial charge in [-0.25, -0.2) is 8.42 Å². The lowest BCUT2D eigenvalue weighted by Gasteiger charge is -2.19. The summed E-state index contributed by atoms with van der Waals surface area (Å²) >= 11 is 0. The first-order valence-electron chi connectivity index (χ1n) is 10.4. The van der Waals surface area contributed by atoms with E-state index in [-0.39, 0.29) is 16.7 Å². The van der Waals surface area contributed by atoms with Gasteiger partial charge in [-0.15, -0.1) is 0 Å². The molecule has 0 saturated carbocycles. The minimum Gasteiger partial charge on any atom is -0.481 e. The fourth-order valence-electron chi connectivity index (χ4n) is 3.50. The van der Waals surface area contributed by atoms with E-state index in [0.717, 1.165) is 24.0 Å². The summed E-state index contributed by atoms with van der Waals surface area (Å²) in [5, 5.41) is 2.80. The van der Waals surface area contributed by atoms with Gasteiger partial charge in [0.05, 0.1) is 4.90 Å². The third kappa shape index (κ3) is 5.02. The van der Waals surface area contributed by atoms with Gasteiger partial charge in [-0.2, -0.15) is 4.31 Å². The van der Waals surface area contributed by atoms with Gasteiger partial charge >= 0.3 is 0 Å². The largest absolute Gasteiger partial charge is 0.481 e. The van der Waals surface area contributed by atoms with E-state index in [0.29, 0.717) is 24.5 Å². The van der Waals surface area contributed by atoms with Crippen LogP contribution >= 0.6 is 0 Å². The SMILES string of the molecule is Cc1ccc(C(C)C)c(O[C@@H](C)C(=O)Nc2ccc(S(=O)(=O)N3CCCC3)cc2)c1. The van der Waals surface area contributed by atoms with Gasteiger partial charge in [-0.05, 0) is 74.1 Å². The number of carbonyl (C=O) groups is 1. The summed E-state index contributed by atoms with van der Waals surface area (Å²) in [5.41, 5.74) is 2.65. The van der Waals surface area contributed by atoms with E-state index in [1.54, 1.807) is 19.1 Å². The maximum absolute atomic E-state index is 12.6. The van der Waals surface area contributed by atoms with Crippen molar-refractivity contribution < 1.29 is 17.9 Å². The molecule has 2 aromatic rings. The van der Waals surface area contributed by atoms with Crippen LogP contribution in [0.15, 0.2) is 47.4 Å². The van der Waals surface area contributed by atoms with Crippen molar-refractivity contribution in [2.24, 2.45) is 0 Å². The molecular formula is C23H30N2O4S. The molecule has 30 heavy (non-hydrogen) atoms. The first-order valence-corrected chi connectivity index (χ1v) is 11.8. The topological polar surface area (TPSA) is 75.7 Å². The average Bonchev–Trinajstić information content (AvgIpc) is 3.24. The third-order valence-corrected chi connectivity index (χ3v) is 7.20. The van der Waals surface area contributed by atoms with Crippen molar-refractivity contribution >= 4 is 21.6 Å². The van der Waals surface area contributed by atoms with Crippen molar-refractivity contribution in [1.82, 2.24) is 4.31 Å². The van der Waals surface area contributed by atoms with Crippen LogP contribution in [0.1, 0.15) is 50.7 Å². The number of hydrogen-bond donors (Lipinski definition) is 1. The van der Waals surface area contributed by atoms with Gasteiger partial charge in [0.2, 0.25) is 10.0 Å². The number of nitrogens with one attached hydrogen (secondary N) is 1. The second-order valence-electron chi connectivity index (χ2n) is 8.08. The summed E-state index contributed by atoms with van der Waals surface area (Å²) in [6, 6.07) is 12.3. The lowest BCUT2D eigenvalue weighted by Crippen LogP contribution is -2.30. The molecule has 0 unspecified atom stereocenters. The van der Waals surface area contributed by atoms with E-state index in [1.807, 2.05) is 25.1 Å². The predicted molar refractivity (Wildman–Crippen MR) is 118 cm³/mol. The molecular weight excluding hydrogens is 400 g/mol. The molecule has 0 aliphatic carbocycles. The Morgan fingerprint density at radius 2 is 1.67 bits per heavy atom. The Kier molecular flexibility index (Phi) is 6.83. The van der Waals surface area contributed by atoms with Crippen LogP contribution in [0.2, 0.25) is 0 Å². The number of aryl methyl sites for hydroxylation is 1. The molecule has 7 heteroatoms. The fraction of sp³-hybridized carbons (Fsp3) is 0.435. The van der Waals surface area contributed by atoms with E-state index in [1.165, 1.54) is 16.4 Å². The third-order valence-electron chi connectivity index (χ3n) is 5.29. The first-order chi connectivity index (χ1) is 14.2. The summed E-state index contributed by atoms with van der Waals surface area (Å²) in [5.74, 6) is 0.696. The molecule has 2 aromatic carbocycles. The fourth-order valence-corrected chi connectivity index (χ4v) is 5.01. The Hall–Kier alpha value is -2.38. The quantitative estimate of drug-likeness (QED) is 0.710. The van der Waals surface area contributed by atoms with Crippen LogP contribution in [-0.4, -0.2) is 37.8 Å². The zero-order chi connectivity index (χ0) is 21.9. The highest BCUT2D eigenvalue weighted by molar-refractivity contribution is 7.89. The van der Waals surface area contributed by atoms with Crippen molar-refractivity contribution in [3.8, 4) is 5.75 Å². The Balaban J connectivity index is 1.67. The van der Waals surface area contributed by atoms with E-state index in [4.69, 9.17) is 4.74 Å². The van der Waals surface area contributed by atoms with Crippen LogP contribution < -0.4 is 10.1 Å². The molecule has 1 saturated heterocycles. The number of amides is 1. The van der Waals surface area contributed by atoms with Gasteiger partial charge in [-0.3, -0.25) is 4.79 Å². The van der Waals surface area contributed by atoms with Crippen molar-refractivity contribution in [1.29, 1.82) is 0 Å². The van der Waals surface area contributed by atoms with E-state index in [9.17, 15) is 13.2 Å². The van der Waals surface area contributed by atoms with Crippen molar-refractivity contribution in [2.45, 2.75) is 57.5 Å². The molecule has 1 heterocycles. The van der Waals surface area contributed by atoms with Gasteiger partial charge in [-0.1, -0.05) is 26.0 Å². The summed E-state index contributed by atoms with van der Waals surface area (Å²) in [6.45, 7) is 8.98. The van der Waals surface area contributed by atoms with Crippen LogP contribution in [0.3, 0.4) is 0 Å². The second kappa shape index (κ2) is 9.18. The summed E-state index contributed by atoms with van der Waals surface area (Å²) < 4.78 is 32.7. The highest BCUT2D eigenvalue weighted by Gasteiger charge is 2.27. The number of benzene rings is 2. The molecule has 1 N–H and O–H groups in total. The van der Waals surface area contributed by atoms with Crippen molar-refractivity contribution in [2.75, 3.05) is 18.4 Å². The Morgan fingerprint density at radius 3 is 2.27 bits per heavy atom. The lowest BCUT2D eigenvalue weighted by atomic mass is 10.0. The molecule has 162 valence electrons. The van der Waals surface area contributed by atoms with Gasteiger partial charge < -0.3 is 10.1 Å². The van der Waals surface area contributed by atoms with Gasteiger partial charge in [0, 0.05) is 18.8 Å². The number of nitrogens with zero attached hydrogens (tertiary/aromatic N) is 1. The summed E-state index contributed by atoms with van der Waals surface area (Å²) in [6.07, 6.45) is 1.09. The van der Waals surface area contributed by atoms with E-state index >= 15 is 0 Å². The number of anilines is 1. The minimum atomic E-state index is -3.46. The Bertz CT molecular complexity index is 994. The van der Waals surface area contributed by atoms with Crippen molar-refractivity contribution in [3.05, 3.63) is 53.6 Å². The summed E-state index contributed by atoms with van der Waals surface area (Å²) in [7, 11) is -3.46. The Labute approximate surface area is 179 Å². The van der Waals surface area contributed by atoms with E-state index < -0.39 is 16.1 Å². The standard InChI is InChI=1S/C23H30N2O4S/c1-16(2)21-12-7-17(3)15-22(21)29-18(4)23(26)24-19-8-10-20(11-9-19)30(27,28)25-13-5-6-14-25/h7-12,15-16,18H,5-6,13-14H2,1-4H3,(H,24,26)/t18-/m0/s1. The van der Waals surface area contributed by atoms with Crippen LogP contribution in [0.4, 0.5) is 5.69 Å². The number of rotatable bonds is 7. The maximum Gasteiger partial charge on any atom is 0.265 e. The molecule has 0 spiro atoms. The molecule has 0 radical (unpaired) electrons. The predicted octanol–water partition coefficient (Wildman–Crippen LogP) is 4.31. The molecule has 1 fully saturated rings.